The molecule has 0 aromatic heterocycles. The molecule has 1 N–H and O–H groups in total. The zero-order valence-electron chi connectivity index (χ0n) is 6.18. The van der Waals surface area contributed by atoms with Crippen molar-refractivity contribution < 1.29 is 86.9 Å². The molecule has 0 aromatic carbocycles. The van der Waals surface area contributed by atoms with Gasteiger partial charge in [0.05, 0.1) is 0 Å². The molecule has 0 rings (SSSR count). The molecular formula is C2HAlKMgO7+. The molecule has 7 nitrogen and oxygen atoms in total. The Kier molecular flexibility index (Phi) is 92.1. The first-order valence-electron chi connectivity index (χ1n) is 1.22. The summed E-state index contributed by atoms with van der Waals surface area (Å²) in [6.45, 7) is 0. The first-order valence-corrected chi connectivity index (χ1v) is 1.22. The summed E-state index contributed by atoms with van der Waals surface area (Å²) in [6.07, 6.45) is -4.67. The summed E-state index contributed by atoms with van der Waals surface area (Å²) in [7, 11) is 0. The van der Waals surface area contributed by atoms with Crippen LogP contribution in [0.15, 0.2) is 0 Å². The number of carbonyl (C=O) groups excluding carboxylic acids is 2. The van der Waals surface area contributed by atoms with Crippen LogP contribution in [0.1, 0.15) is 0 Å². The molecule has 0 saturated carbocycles. The van der Waals surface area contributed by atoms with Crippen LogP contribution >= 0.6 is 0 Å². The summed E-state index contributed by atoms with van der Waals surface area (Å²) in [5.74, 6) is 0. The van der Waals surface area contributed by atoms with Gasteiger partial charge in [0.15, 0.2) is 0 Å². The minimum atomic E-state index is -2.33. The maximum Gasteiger partial charge on any atom is 3.00 e. The van der Waals surface area contributed by atoms with E-state index in [0.29, 0.717) is 0 Å². The number of hydrogen-bond donors (Lipinski definition) is 0. The molecule has 0 spiro atoms. The number of rotatable bonds is 0. The second-order valence-corrected chi connectivity index (χ2v) is 0.500. The van der Waals surface area contributed by atoms with Crippen molar-refractivity contribution >= 4 is 52.7 Å². The molecule has 0 amide bonds. The van der Waals surface area contributed by atoms with Gasteiger partial charge in [-0.2, -0.15) is 0 Å². The third-order valence-electron chi connectivity index (χ3n) is 0. The van der Waals surface area contributed by atoms with Gasteiger partial charge in [-0.05, 0) is 12.3 Å². The normalized spacial score (nSPS) is 4.00. The van der Waals surface area contributed by atoms with Crippen LogP contribution in [-0.4, -0.2) is 58.2 Å². The van der Waals surface area contributed by atoms with Crippen molar-refractivity contribution in [1.82, 2.24) is 0 Å². The van der Waals surface area contributed by atoms with Gasteiger partial charge < -0.3 is 35.5 Å². The molecule has 0 bridgehead atoms. The predicted molar refractivity (Wildman–Crippen MR) is 24.2 cm³/mol. The van der Waals surface area contributed by atoms with Crippen LogP contribution in [0.3, 0.4) is 0 Å². The fraction of sp³-hybridized carbons (Fsp3) is 0. The van der Waals surface area contributed by atoms with E-state index in [1.54, 1.807) is 0 Å². The van der Waals surface area contributed by atoms with Crippen molar-refractivity contribution in [3.8, 4) is 0 Å². The van der Waals surface area contributed by atoms with E-state index in [2.05, 4.69) is 0 Å². The van der Waals surface area contributed by atoms with E-state index in [0.717, 1.165) is 0 Å². The first-order chi connectivity index (χ1) is 3.46. The fourth-order valence-electron chi connectivity index (χ4n) is 0. The first kappa shape index (κ1) is 37.6. The largest absolute Gasteiger partial charge is 3.00 e. The Morgan fingerprint density at radius 1 is 0.833 bits per heavy atom. The third kappa shape index (κ3) is 605. The van der Waals surface area contributed by atoms with Gasteiger partial charge in [-0.25, -0.2) is 0 Å². The molecule has 0 saturated heterocycles. The molecule has 10 heteroatoms. The van der Waals surface area contributed by atoms with Crippen molar-refractivity contribution in [2.75, 3.05) is 0 Å². The van der Waals surface area contributed by atoms with Gasteiger partial charge in [-0.1, -0.05) is 0 Å². The van der Waals surface area contributed by atoms with Gasteiger partial charge in [0.2, 0.25) is 0 Å². The van der Waals surface area contributed by atoms with Crippen LogP contribution < -0.4 is 71.8 Å². The molecular weight excluding hydrogens is 226 g/mol. The third-order valence-corrected chi connectivity index (χ3v) is 0. The van der Waals surface area contributed by atoms with Gasteiger partial charge in [0, 0.05) is 0 Å². The van der Waals surface area contributed by atoms with Crippen molar-refractivity contribution in [2.45, 2.75) is 0 Å². The monoisotopic (exact) mass is 227 g/mol. The van der Waals surface area contributed by atoms with Gasteiger partial charge in [-0.15, -0.1) is 0 Å². The zero-order chi connectivity index (χ0) is 7.15. The van der Waals surface area contributed by atoms with E-state index in [-0.39, 0.29) is 97.3 Å². The SMILES string of the molecule is O=C([O-])[O-].O=C([O-])[O-].[Al+3].[K+].[Mg+2].[OH-]. The van der Waals surface area contributed by atoms with Gasteiger partial charge in [0.1, 0.15) is 0 Å². The quantitative estimate of drug-likeness (QED) is 0.372. The Labute approximate surface area is 137 Å². The van der Waals surface area contributed by atoms with Gasteiger partial charge in [-0.3, -0.25) is 0 Å². The molecule has 0 fully saturated rings. The van der Waals surface area contributed by atoms with E-state index in [1.165, 1.54) is 0 Å². The fourth-order valence-corrected chi connectivity index (χ4v) is 0. The summed E-state index contributed by atoms with van der Waals surface area (Å²) < 4.78 is 0. The Morgan fingerprint density at radius 2 is 0.833 bits per heavy atom. The Hall–Kier alpha value is 1.44. The van der Waals surface area contributed by atoms with Gasteiger partial charge >= 0.3 is 91.8 Å². The molecule has 0 aliphatic heterocycles. The van der Waals surface area contributed by atoms with E-state index < -0.39 is 12.3 Å². The average Bonchev–Trinajstić information content (AvgIpc) is 1.25. The molecule has 0 atom stereocenters. The van der Waals surface area contributed by atoms with Crippen molar-refractivity contribution in [3.63, 3.8) is 0 Å². The maximum absolute atomic E-state index is 8.33. The van der Waals surface area contributed by atoms with E-state index in [9.17, 15) is 0 Å². The number of carbonyl (C=O) groups is 2. The van der Waals surface area contributed by atoms with Crippen molar-refractivity contribution in [1.29, 1.82) is 0 Å². The second kappa shape index (κ2) is 29.4. The van der Waals surface area contributed by atoms with Crippen LogP contribution in [0, 0.1) is 0 Å². The summed E-state index contributed by atoms with van der Waals surface area (Å²) in [5.41, 5.74) is 0. The standard InChI is InChI=1S/2CH2O3.Al.K.Mg.H2O/c2*2-1(3)4;;;;/h2*(H2,2,3,4);;;;1H2/q;;+3;+1;+2;/p-5. The van der Waals surface area contributed by atoms with Crippen LogP contribution in [0.5, 0.6) is 0 Å². The molecule has 0 unspecified atom stereocenters. The van der Waals surface area contributed by atoms with Crippen molar-refractivity contribution in [2.24, 2.45) is 0 Å². The predicted octanol–water partition coefficient (Wildman–Crippen LogP) is -8.83. The Balaban J connectivity index is -0.0000000112. The molecule has 56 valence electrons. The zero-order valence-corrected chi connectivity index (χ0v) is 11.9. The van der Waals surface area contributed by atoms with Gasteiger partial charge in [0.25, 0.3) is 0 Å². The molecule has 12 heavy (non-hydrogen) atoms. The van der Waals surface area contributed by atoms with Crippen molar-refractivity contribution in [3.05, 3.63) is 0 Å². The van der Waals surface area contributed by atoms with E-state index in [4.69, 9.17) is 30.0 Å². The molecule has 0 aliphatic rings. The van der Waals surface area contributed by atoms with E-state index >= 15 is 0 Å². The molecule has 0 aliphatic carbocycles. The Morgan fingerprint density at radius 3 is 0.833 bits per heavy atom. The topological polar surface area (TPSA) is 156 Å². The van der Waals surface area contributed by atoms with E-state index in [1.807, 2.05) is 0 Å². The molecule has 0 radical (unpaired) electrons. The van der Waals surface area contributed by atoms with Crippen LogP contribution in [0.25, 0.3) is 0 Å². The average molecular weight is 227 g/mol. The second-order valence-electron chi connectivity index (χ2n) is 0.500. The number of carboxylic acid groups (broad SMARTS) is 4. The maximum atomic E-state index is 8.33. The van der Waals surface area contributed by atoms with Crippen LogP contribution in [0.4, 0.5) is 9.59 Å². The minimum absolute atomic E-state index is 0. The molecule has 0 heterocycles. The summed E-state index contributed by atoms with van der Waals surface area (Å²) in [4.78, 5) is 16.7. The number of hydrogen-bond acceptors (Lipinski definition) is 7. The summed E-state index contributed by atoms with van der Waals surface area (Å²) >= 11 is 0. The molecule has 0 aromatic rings. The smallest absolute Gasteiger partial charge is 0.870 e. The Bertz CT molecular complexity index is 79.4. The summed E-state index contributed by atoms with van der Waals surface area (Å²) in [6, 6.07) is 0. The minimum Gasteiger partial charge on any atom is -0.870 e. The van der Waals surface area contributed by atoms with Crippen LogP contribution in [-0.2, 0) is 0 Å². The summed E-state index contributed by atoms with van der Waals surface area (Å²) in [5, 5.41) is 33.3. The van der Waals surface area contributed by atoms with Crippen LogP contribution in [0.2, 0.25) is 0 Å².